The van der Waals surface area contributed by atoms with Gasteiger partial charge in [-0.3, -0.25) is 14.5 Å². The molecule has 0 aliphatic carbocycles. The molecule has 2 aliphatic heterocycles. The summed E-state index contributed by atoms with van der Waals surface area (Å²) in [4.78, 5) is 23.5. The molecule has 1 atom stereocenters. The molecule has 8 nitrogen and oxygen atoms in total. The average Bonchev–Trinajstić information content (AvgIpc) is 3.47. The molecular weight excluding hydrogens is 451 g/mol. The monoisotopic (exact) mass is 473 g/mol. The summed E-state index contributed by atoms with van der Waals surface area (Å²) in [5.41, 5.74) is 1.61. The lowest BCUT2D eigenvalue weighted by Crippen LogP contribution is -2.39. The predicted octanol–water partition coefficient (Wildman–Crippen LogP) is 3.57. The largest absolute Gasteiger partial charge is 0.475 e. The predicted molar refractivity (Wildman–Crippen MR) is 114 cm³/mol. The Morgan fingerprint density at radius 2 is 2.06 bits per heavy atom. The van der Waals surface area contributed by atoms with Gasteiger partial charge in [0.1, 0.15) is 6.61 Å². The van der Waals surface area contributed by atoms with E-state index in [1.807, 2.05) is 12.1 Å². The van der Waals surface area contributed by atoms with E-state index < -0.39 is 11.7 Å². The van der Waals surface area contributed by atoms with Gasteiger partial charge in [-0.15, -0.1) is 0 Å². The lowest BCUT2D eigenvalue weighted by molar-refractivity contribution is -0.137. The van der Waals surface area contributed by atoms with Crippen LogP contribution in [0.25, 0.3) is 11.3 Å². The molecule has 3 aromatic heterocycles. The van der Waals surface area contributed by atoms with E-state index in [9.17, 15) is 18.0 Å². The zero-order valence-corrected chi connectivity index (χ0v) is 18.2. The summed E-state index contributed by atoms with van der Waals surface area (Å²) in [6.45, 7) is 2.07. The fourth-order valence-electron chi connectivity index (χ4n) is 4.31. The second kappa shape index (κ2) is 9.05. The molecule has 0 unspecified atom stereocenters. The Bertz CT molecular complexity index is 1170. The summed E-state index contributed by atoms with van der Waals surface area (Å²) in [6, 6.07) is 7.37. The number of nitrogens with zero attached hydrogens (tertiary/aromatic N) is 5. The molecule has 11 heteroatoms. The number of amides is 1. The number of rotatable bonds is 5. The molecule has 0 radical (unpaired) electrons. The second-order valence-electron chi connectivity index (χ2n) is 8.15. The topological polar surface area (TPSA) is 82.4 Å². The summed E-state index contributed by atoms with van der Waals surface area (Å²) < 4.78 is 51.3. The van der Waals surface area contributed by atoms with Gasteiger partial charge in [-0.1, -0.05) is 6.07 Å². The summed E-state index contributed by atoms with van der Waals surface area (Å²) in [5, 5.41) is 4.60. The van der Waals surface area contributed by atoms with Crippen molar-refractivity contribution in [3.63, 3.8) is 0 Å². The maximum Gasteiger partial charge on any atom is 0.417 e. The highest BCUT2D eigenvalue weighted by molar-refractivity contribution is 5.99. The first-order valence-electron chi connectivity index (χ1n) is 11.0. The summed E-state index contributed by atoms with van der Waals surface area (Å²) in [5.74, 6) is -0.148. The summed E-state index contributed by atoms with van der Waals surface area (Å²) >= 11 is 0. The maximum atomic E-state index is 13.6. The van der Waals surface area contributed by atoms with Gasteiger partial charge in [0.2, 0.25) is 5.88 Å². The Labute approximate surface area is 193 Å². The molecule has 3 aromatic rings. The first-order valence-corrected chi connectivity index (χ1v) is 11.0. The first-order chi connectivity index (χ1) is 16.4. The van der Waals surface area contributed by atoms with E-state index in [4.69, 9.17) is 9.47 Å². The number of aromatic nitrogens is 4. The van der Waals surface area contributed by atoms with Crippen LogP contribution >= 0.6 is 0 Å². The second-order valence-corrected chi connectivity index (χ2v) is 8.15. The van der Waals surface area contributed by atoms with Crippen LogP contribution in [-0.2, 0) is 24.1 Å². The van der Waals surface area contributed by atoms with Crippen LogP contribution in [0.5, 0.6) is 5.88 Å². The standard InChI is InChI=1S/C23H22F3N5O3/c24-23(25,26)15-6-7-19(28-12-15)34-13-16-4-3-9-30(16)22(32)21-20(17-5-1-2-8-27-17)18-14-33-11-10-31(18)29-21/h1-2,5-8,12,16H,3-4,9-11,13-14H2/t16-/m0/s1. The highest BCUT2D eigenvalue weighted by Gasteiger charge is 2.35. The SMILES string of the molecule is O=C(c1nn2c(c1-c1ccccn1)COCC2)N1CCC[C@H]1COc1ccc(C(F)(F)F)cn1. The van der Waals surface area contributed by atoms with Crippen molar-refractivity contribution in [1.29, 1.82) is 0 Å². The van der Waals surface area contributed by atoms with Gasteiger partial charge in [-0.2, -0.15) is 18.3 Å². The van der Waals surface area contributed by atoms with Gasteiger partial charge in [-0.25, -0.2) is 4.98 Å². The molecule has 1 saturated heterocycles. The van der Waals surface area contributed by atoms with Gasteiger partial charge < -0.3 is 14.4 Å². The highest BCUT2D eigenvalue weighted by Crippen LogP contribution is 2.32. The number of hydrogen-bond acceptors (Lipinski definition) is 6. The van der Waals surface area contributed by atoms with Crippen LogP contribution < -0.4 is 4.74 Å². The fraction of sp³-hybridized carbons (Fsp3) is 0.391. The molecule has 178 valence electrons. The molecule has 34 heavy (non-hydrogen) atoms. The number of ether oxygens (including phenoxy) is 2. The molecule has 0 N–H and O–H groups in total. The van der Waals surface area contributed by atoms with Crippen molar-refractivity contribution in [2.24, 2.45) is 0 Å². The first kappa shape index (κ1) is 22.3. The number of carbonyl (C=O) groups excluding carboxylic acids is 1. The van der Waals surface area contributed by atoms with E-state index in [1.165, 1.54) is 6.07 Å². The van der Waals surface area contributed by atoms with Crippen molar-refractivity contribution in [3.05, 3.63) is 59.7 Å². The van der Waals surface area contributed by atoms with Gasteiger partial charge in [0, 0.05) is 25.0 Å². The lowest BCUT2D eigenvalue weighted by atomic mass is 10.1. The Hall–Kier alpha value is -3.47. The Kier molecular flexibility index (Phi) is 5.94. The molecule has 2 aliphatic rings. The molecule has 1 amide bonds. The third-order valence-corrected chi connectivity index (χ3v) is 5.99. The average molecular weight is 473 g/mol. The van der Waals surface area contributed by atoms with Crippen molar-refractivity contribution >= 4 is 5.91 Å². The quantitative estimate of drug-likeness (QED) is 0.564. The van der Waals surface area contributed by atoms with Crippen LogP contribution in [0, 0.1) is 0 Å². The minimum absolute atomic E-state index is 0.0797. The van der Waals surface area contributed by atoms with Crippen LogP contribution in [0.3, 0.4) is 0 Å². The highest BCUT2D eigenvalue weighted by atomic mass is 19.4. The Balaban J connectivity index is 1.36. The molecule has 0 spiro atoms. The van der Waals surface area contributed by atoms with Gasteiger partial charge in [-0.05, 0) is 31.0 Å². The molecule has 0 bridgehead atoms. The van der Waals surface area contributed by atoms with Crippen molar-refractivity contribution in [2.75, 3.05) is 19.8 Å². The molecule has 5 heterocycles. The van der Waals surface area contributed by atoms with Crippen molar-refractivity contribution in [3.8, 4) is 17.1 Å². The molecular formula is C23H22F3N5O3. The van der Waals surface area contributed by atoms with Crippen molar-refractivity contribution < 1.29 is 27.4 Å². The molecule has 5 rings (SSSR count). The van der Waals surface area contributed by atoms with E-state index >= 15 is 0 Å². The van der Waals surface area contributed by atoms with Crippen LogP contribution in [-0.4, -0.2) is 56.4 Å². The van der Waals surface area contributed by atoms with Crippen LogP contribution in [0.15, 0.2) is 42.7 Å². The van der Waals surface area contributed by atoms with Gasteiger partial charge in [0.05, 0.1) is 48.3 Å². The number of hydrogen-bond donors (Lipinski definition) is 0. The number of halogens is 3. The van der Waals surface area contributed by atoms with E-state index in [-0.39, 0.29) is 24.4 Å². The van der Waals surface area contributed by atoms with Gasteiger partial charge in [0.25, 0.3) is 5.91 Å². The number of likely N-dealkylation sites (tertiary alicyclic amines) is 1. The van der Waals surface area contributed by atoms with Crippen LogP contribution in [0.2, 0.25) is 0 Å². The zero-order valence-electron chi connectivity index (χ0n) is 18.2. The molecule has 1 fully saturated rings. The minimum atomic E-state index is -4.46. The number of pyridine rings is 2. The smallest absolute Gasteiger partial charge is 0.417 e. The van der Waals surface area contributed by atoms with Gasteiger partial charge >= 0.3 is 6.18 Å². The van der Waals surface area contributed by atoms with Gasteiger partial charge in [0.15, 0.2) is 5.69 Å². The Morgan fingerprint density at radius 1 is 1.18 bits per heavy atom. The lowest BCUT2D eigenvalue weighted by Gasteiger charge is -2.24. The normalized spacial score (nSPS) is 18.1. The number of alkyl halides is 3. The number of fused-ring (bicyclic) bond motifs is 1. The van der Waals surface area contributed by atoms with Crippen LogP contribution in [0.1, 0.15) is 34.6 Å². The van der Waals surface area contributed by atoms with Crippen molar-refractivity contribution in [2.45, 2.75) is 38.2 Å². The zero-order chi connectivity index (χ0) is 23.7. The maximum absolute atomic E-state index is 13.6. The van der Waals surface area contributed by atoms with E-state index in [1.54, 1.807) is 21.8 Å². The fourth-order valence-corrected chi connectivity index (χ4v) is 4.31. The number of carbonyl (C=O) groups is 1. The van der Waals surface area contributed by atoms with Crippen LogP contribution in [0.4, 0.5) is 13.2 Å². The van der Waals surface area contributed by atoms with E-state index in [0.717, 1.165) is 24.4 Å². The Morgan fingerprint density at radius 3 is 2.79 bits per heavy atom. The van der Waals surface area contributed by atoms with Crippen molar-refractivity contribution in [1.82, 2.24) is 24.6 Å². The molecule has 0 saturated carbocycles. The summed E-state index contributed by atoms with van der Waals surface area (Å²) in [6.07, 6.45) is -0.553. The molecule has 0 aromatic carbocycles. The third kappa shape index (κ3) is 4.35. The van der Waals surface area contributed by atoms with E-state index in [2.05, 4.69) is 15.1 Å². The minimum Gasteiger partial charge on any atom is -0.475 e. The third-order valence-electron chi connectivity index (χ3n) is 5.99. The van der Waals surface area contributed by atoms with E-state index in [0.29, 0.717) is 49.7 Å². The summed E-state index contributed by atoms with van der Waals surface area (Å²) in [7, 11) is 0.